The Morgan fingerprint density at radius 3 is 1.90 bits per heavy atom. The van der Waals surface area contributed by atoms with Gasteiger partial charge in [-0.25, -0.2) is 0 Å². The summed E-state index contributed by atoms with van der Waals surface area (Å²) >= 11 is 0. The van der Waals surface area contributed by atoms with Crippen molar-refractivity contribution in [3.05, 3.63) is 71.8 Å². The Balaban J connectivity index is 1.54. The third kappa shape index (κ3) is 6.69. The molecule has 0 amide bonds. The zero-order valence-corrected chi connectivity index (χ0v) is 12.9. The molecule has 1 atom stereocenters. The van der Waals surface area contributed by atoms with Crippen molar-refractivity contribution in [1.29, 1.82) is 0 Å². The summed E-state index contributed by atoms with van der Waals surface area (Å²) in [6.07, 6.45) is 0.395. The van der Waals surface area contributed by atoms with Crippen LogP contribution in [0.3, 0.4) is 0 Å². The van der Waals surface area contributed by atoms with E-state index in [4.69, 9.17) is 4.52 Å². The SMILES string of the molecule is O=[PH](CNCc1ccccc1)OCNCc1ccccc1. The van der Waals surface area contributed by atoms with E-state index in [-0.39, 0.29) is 0 Å². The predicted molar refractivity (Wildman–Crippen MR) is 86.4 cm³/mol. The Labute approximate surface area is 126 Å². The normalized spacial score (nSPS) is 12.2. The first-order chi connectivity index (χ1) is 10.3. The molecule has 0 aliphatic carbocycles. The molecule has 4 nitrogen and oxygen atoms in total. The van der Waals surface area contributed by atoms with E-state index in [0.29, 0.717) is 26.1 Å². The first kappa shape index (κ1) is 15.9. The molecule has 0 bridgehead atoms. The van der Waals surface area contributed by atoms with Crippen LogP contribution < -0.4 is 10.6 Å². The van der Waals surface area contributed by atoms with E-state index in [2.05, 4.69) is 10.6 Å². The summed E-state index contributed by atoms with van der Waals surface area (Å²) in [7, 11) is -2.04. The van der Waals surface area contributed by atoms with Crippen molar-refractivity contribution in [3.63, 3.8) is 0 Å². The van der Waals surface area contributed by atoms with E-state index in [1.165, 1.54) is 11.1 Å². The van der Waals surface area contributed by atoms with Gasteiger partial charge in [0.05, 0.1) is 6.29 Å². The quantitative estimate of drug-likeness (QED) is 0.425. The van der Waals surface area contributed by atoms with Gasteiger partial charge in [-0.1, -0.05) is 60.7 Å². The van der Waals surface area contributed by atoms with Crippen LogP contribution in [0, 0.1) is 0 Å². The van der Waals surface area contributed by atoms with Crippen molar-refractivity contribution in [1.82, 2.24) is 10.6 Å². The highest BCUT2D eigenvalue weighted by Gasteiger charge is 1.99. The standard InChI is InChI=1S/C16H21N2O2P/c19-21(14-18-12-16-9-5-2-6-10-16)20-13-17-11-15-7-3-1-4-8-15/h1-10,17-18,21H,11-14H2. The van der Waals surface area contributed by atoms with E-state index in [9.17, 15) is 4.57 Å². The van der Waals surface area contributed by atoms with Crippen LogP contribution in [-0.2, 0) is 22.2 Å². The first-order valence-electron chi connectivity index (χ1n) is 6.99. The number of benzene rings is 2. The molecule has 0 heterocycles. The molecule has 1 unspecified atom stereocenters. The molecule has 2 rings (SSSR count). The van der Waals surface area contributed by atoms with E-state index in [0.717, 1.165) is 0 Å². The average Bonchev–Trinajstić information content (AvgIpc) is 2.54. The minimum atomic E-state index is -2.04. The Kier molecular flexibility index (Phi) is 7.19. The minimum absolute atomic E-state index is 0.305. The molecule has 5 heteroatoms. The fourth-order valence-electron chi connectivity index (χ4n) is 1.88. The molecule has 21 heavy (non-hydrogen) atoms. The molecule has 0 fully saturated rings. The molecule has 0 saturated heterocycles. The summed E-state index contributed by atoms with van der Waals surface area (Å²) in [5, 5.41) is 6.26. The second-order valence-corrected chi connectivity index (χ2v) is 6.05. The van der Waals surface area contributed by atoms with Crippen molar-refractivity contribution < 1.29 is 9.09 Å². The van der Waals surface area contributed by atoms with Crippen LogP contribution in [0.2, 0.25) is 0 Å². The highest BCUT2D eigenvalue weighted by Crippen LogP contribution is 2.18. The molecule has 0 aromatic heterocycles. The number of hydrogen-bond donors (Lipinski definition) is 2. The van der Waals surface area contributed by atoms with Crippen LogP contribution in [-0.4, -0.2) is 13.0 Å². The van der Waals surface area contributed by atoms with Gasteiger partial charge in [-0.2, -0.15) is 0 Å². The Morgan fingerprint density at radius 2 is 1.33 bits per heavy atom. The van der Waals surface area contributed by atoms with Crippen LogP contribution in [0.1, 0.15) is 11.1 Å². The smallest absolute Gasteiger partial charge is 0.206 e. The maximum Gasteiger partial charge on any atom is 0.206 e. The molecule has 0 saturated carbocycles. The van der Waals surface area contributed by atoms with Gasteiger partial charge in [0.15, 0.2) is 0 Å². The van der Waals surface area contributed by atoms with Gasteiger partial charge in [-0.15, -0.1) is 0 Å². The molecule has 0 aliphatic rings. The van der Waals surface area contributed by atoms with Crippen LogP contribution >= 0.6 is 8.03 Å². The summed E-state index contributed by atoms with van der Waals surface area (Å²) in [6.45, 7) is 1.73. The van der Waals surface area contributed by atoms with Crippen molar-refractivity contribution in [2.24, 2.45) is 0 Å². The Morgan fingerprint density at radius 1 is 0.810 bits per heavy atom. The third-order valence-electron chi connectivity index (χ3n) is 2.95. The molecule has 2 aromatic rings. The molecular weight excluding hydrogens is 283 g/mol. The topological polar surface area (TPSA) is 50.4 Å². The third-order valence-corrected chi connectivity index (χ3v) is 3.95. The fraction of sp³-hybridized carbons (Fsp3) is 0.250. The van der Waals surface area contributed by atoms with Gasteiger partial charge < -0.3 is 9.84 Å². The summed E-state index contributed by atoms with van der Waals surface area (Å²) in [5.41, 5.74) is 2.36. The zero-order chi connectivity index (χ0) is 14.8. The molecule has 0 spiro atoms. The van der Waals surface area contributed by atoms with Crippen molar-refractivity contribution in [3.8, 4) is 0 Å². The molecule has 0 aliphatic heterocycles. The highest BCUT2D eigenvalue weighted by molar-refractivity contribution is 7.39. The first-order valence-corrected chi connectivity index (χ1v) is 8.52. The summed E-state index contributed by atoms with van der Waals surface area (Å²) in [5.74, 6) is 0. The molecule has 0 radical (unpaired) electrons. The molecule has 2 N–H and O–H groups in total. The van der Waals surface area contributed by atoms with Gasteiger partial charge in [-0.05, 0) is 11.1 Å². The summed E-state index contributed by atoms with van der Waals surface area (Å²) in [6, 6.07) is 20.1. The molecule has 2 aromatic carbocycles. The van der Waals surface area contributed by atoms with Gasteiger partial charge >= 0.3 is 0 Å². The van der Waals surface area contributed by atoms with Gasteiger partial charge in [0, 0.05) is 13.1 Å². The largest absolute Gasteiger partial charge is 0.314 e. The Hall–Kier alpha value is -1.45. The van der Waals surface area contributed by atoms with Crippen molar-refractivity contribution >= 4 is 8.03 Å². The van der Waals surface area contributed by atoms with E-state index < -0.39 is 8.03 Å². The average molecular weight is 304 g/mol. The lowest BCUT2D eigenvalue weighted by molar-refractivity contribution is 0.293. The Bertz CT molecular complexity index is 534. The van der Waals surface area contributed by atoms with Crippen LogP contribution in [0.5, 0.6) is 0 Å². The lowest BCUT2D eigenvalue weighted by atomic mass is 10.2. The van der Waals surface area contributed by atoms with Crippen molar-refractivity contribution in [2.45, 2.75) is 13.1 Å². The van der Waals surface area contributed by atoms with Gasteiger partial charge in [0.1, 0.15) is 6.73 Å². The zero-order valence-electron chi connectivity index (χ0n) is 11.9. The number of hydrogen-bond acceptors (Lipinski definition) is 4. The second-order valence-electron chi connectivity index (χ2n) is 4.66. The molecular formula is C16H21N2O2P. The summed E-state index contributed by atoms with van der Waals surface area (Å²) in [4.78, 5) is 0. The predicted octanol–water partition coefficient (Wildman–Crippen LogP) is 2.97. The van der Waals surface area contributed by atoms with E-state index >= 15 is 0 Å². The van der Waals surface area contributed by atoms with Crippen molar-refractivity contribution in [2.75, 3.05) is 13.0 Å². The summed E-state index contributed by atoms with van der Waals surface area (Å²) < 4.78 is 17.0. The maximum atomic E-state index is 11.7. The second kappa shape index (κ2) is 9.48. The molecule has 112 valence electrons. The minimum Gasteiger partial charge on any atom is -0.314 e. The van der Waals surface area contributed by atoms with Gasteiger partial charge in [0.25, 0.3) is 0 Å². The highest BCUT2D eigenvalue weighted by atomic mass is 31.1. The van der Waals surface area contributed by atoms with Crippen LogP contribution in [0.4, 0.5) is 0 Å². The lowest BCUT2D eigenvalue weighted by Crippen LogP contribution is -2.17. The van der Waals surface area contributed by atoms with E-state index in [1.807, 2.05) is 60.7 Å². The van der Waals surface area contributed by atoms with E-state index in [1.54, 1.807) is 0 Å². The van der Waals surface area contributed by atoms with Crippen LogP contribution in [0.25, 0.3) is 0 Å². The number of nitrogens with one attached hydrogen (secondary N) is 2. The monoisotopic (exact) mass is 304 g/mol. The van der Waals surface area contributed by atoms with Crippen LogP contribution in [0.15, 0.2) is 60.7 Å². The maximum absolute atomic E-state index is 11.7. The number of rotatable bonds is 9. The lowest BCUT2D eigenvalue weighted by Gasteiger charge is -2.08. The van der Waals surface area contributed by atoms with Gasteiger partial charge in [0.2, 0.25) is 8.03 Å². The van der Waals surface area contributed by atoms with Gasteiger partial charge in [-0.3, -0.25) is 9.88 Å². The fourth-order valence-corrected chi connectivity index (χ4v) is 2.57.